The van der Waals surface area contributed by atoms with Crippen molar-refractivity contribution in [2.75, 3.05) is 13.7 Å². The average Bonchev–Trinajstić information content (AvgIpc) is 2.93. The third-order valence-corrected chi connectivity index (χ3v) is 4.85. The summed E-state index contributed by atoms with van der Waals surface area (Å²) in [4.78, 5) is 3.60. The van der Waals surface area contributed by atoms with Crippen molar-refractivity contribution in [3.8, 4) is 5.75 Å². The van der Waals surface area contributed by atoms with Gasteiger partial charge in [0.1, 0.15) is 5.75 Å². The number of rotatable bonds is 2. The Morgan fingerprint density at radius 1 is 1.18 bits per heavy atom. The molecule has 3 aromatic rings. The summed E-state index contributed by atoms with van der Waals surface area (Å²) >= 11 is 3.57. The highest BCUT2D eigenvalue weighted by molar-refractivity contribution is 9.10. The Morgan fingerprint density at radius 2 is 2.05 bits per heavy atom. The Morgan fingerprint density at radius 3 is 2.91 bits per heavy atom. The molecule has 0 bridgehead atoms. The van der Waals surface area contributed by atoms with E-state index in [1.54, 1.807) is 7.11 Å². The summed E-state index contributed by atoms with van der Waals surface area (Å²) in [5, 5.41) is 4.95. The molecule has 0 spiro atoms. The van der Waals surface area contributed by atoms with Crippen molar-refractivity contribution >= 4 is 26.8 Å². The maximum Gasteiger partial charge on any atom is 0.124 e. The lowest BCUT2D eigenvalue weighted by atomic mass is 9.94. The minimum Gasteiger partial charge on any atom is -0.496 e. The number of hydrogen-bond acceptors (Lipinski definition) is 2. The van der Waals surface area contributed by atoms with Gasteiger partial charge in [-0.25, -0.2) is 0 Å². The zero-order chi connectivity index (χ0) is 15.1. The Labute approximate surface area is 137 Å². The molecule has 1 unspecified atom stereocenters. The quantitative estimate of drug-likeness (QED) is 0.722. The summed E-state index contributed by atoms with van der Waals surface area (Å²) in [6.45, 7) is 0.967. The zero-order valence-corrected chi connectivity index (χ0v) is 13.9. The molecule has 1 aromatic heterocycles. The molecule has 2 aromatic carbocycles. The van der Waals surface area contributed by atoms with E-state index in [0.29, 0.717) is 0 Å². The molecule has 0 amide bonds. The van der Waals surface area contributed by atoms with Gasteiger partial charge in [0.05, 0.1) is 13.2 Å². The van der Waals surface area contributed by atoms with Gasteiger partial charge in [0.25, 0.3) is 0 Å². The van der Waals surface area contributed by atoms with Gasteiger partial charge in [0.2, 0.25) is 0 Å². The van der Waals surface area contributed by atoms with E-state index >= 15 is 0 Å². The Kier molecular flexibility index (Phi) is 3.43. The van der Waals surface area contributed by atoms with Crippen molar-refractivity contribution in [1.29, 1.82) is 0 Å². The van der Waals surface area contributed by atoms with Crippen LogP contribution in [0.25, 0.3) is 10.9 Å². The third kappa shape index (κ3) is 2.14. The minimum absolute atomic E-state index is 0.128. The van der Waals surface area contributed by atoms with E-state index in [-0.39, 0.29) is 6.04 Å². The SMILES string of the molecule is COc1ccc(Br)cc1C1NCCc2c1[nH]c1ccccc21. The van der Waals surface area contributed by atoms with Gasteiger partial charge in [0, 0.05) is 33.2 Å². The fourth-order valence-corrected chi connectivity index (χ4v) is 3.76. The third-order valence-electron chi connectivity index (χ3n) is 4.36. The van der Waals surface area contributed by atoms with Crippen molar-refractivity contribution < 1.29 is 4.74 Å². The number of hydrogen-bond donors (Lipinski definition) is 2. The first-order valence-corrected chi connectivity index (χ1v) is 8.23. The number of aromatic nitrogens is 1. The lowest BCUT2D eigenvalue weighted by Gasteiger charge is -2.26. The standard InChI is InChI=1S/C18H17BrN2O/c1-22-16-7-6-11(19)10-14(16)17-18-13(8-9-20-17)12-4-2-3-5-15(12)21-18/h2-7,10,17,20-21H,8-9H2,1H3. The molecular weight excluding hydrogens is 340 g/mol. The molecule has 3 nitrogen and oxygen atoms in total. The van der Waals surface area contributed by atoms with Crippen LogP contribution < -0.4 is 10.1 Å². The lowest BCUT2D eigenvalue weighted by molar-refractivity contribution is 0.402. The van der Waals surface area contributed by atoms with Crippen LogP contribution in [0, 0.1) is 0 Å². The fourth-order valence-electron chi connectivity index (χ4n) is 3.38. The number of nitrogens with one attached hydrogen (secondary N) is 2. The predicted octanol–water partition coefficient (Wildman–Crippen LogP) is 4.17. The summed E-state index contributed by atoms with van der Waals surface area (Å²) in [5.74, 6) is 0.909. The van der Waals surface area contributed by atoms with Gasteiger partial charge < -0.3 is 15.0 Å². The Hall–Kier alpha value is -1.78. The minimum atomic E-state index is 0.128. The Bertz CT molecular complexity index is 840. The van der Waals surface area contributed by atoms with Crippen molar-refractivity contribution in [2.24, 2.45) is 0 Å². The lowest BCUT2D eigenvalue weighted by Crippen LogP contribution is -2.30. The molecule has 1 atom stereocenters. The van der Waals surface area contributed by atoms with Crippen molar-refractivity contribution in [1.82, 2.24) is 10.3 Å². The monoisotopic (exact) mass is 356 g/mol. The van der Waals surface area contributed by atoms with Gasteiger partial charge >= 0.3 is 0 Å². The summed E-state index contributed by atoms with van der Waals surface area (Å²) in [6, 6.07) is 14.8. The predicted molar refractivity (Wildman–Crippen MR) is 92.5 cm³/mol. The number of H-pyrrole nitrogens is 1. The van der Waals surface area contributed by atoms with Gasteiger partial charge in [-0.2, -0.15) is 0 Å². The van der Waals surface area contributed by atoms with E-state index in [4.69, 9.17) is 4.74 Å². The average molecular weight is 357 g/mol. The Balaban J connectivity index is 1.91. The zero-order valence-electron chi connectivity index (χ0n) is 12.3. The number of fused-ring (bicyclic) bond motifs is 3. The molecule has 4 heteroatoms. The largest absolute Gasteiger partial charge is 0.496 e. The molecule has 1 aliphatic heterocycles. The first kappa shape index (κ1) is 13.9. The highest BCUT2D eigenvalue weighted by Crippen LogP contribution is 2.37. The number of benzene rings is 2. The number of methoxy groups -OCH3 is 1. The van der Waals surface area contributed by atoms with E-state index in [2.05, 4.69) is 56.6 Å². The van der Waals surface area contributed by atoms with Crippen LogP contribution in [0.1, 0.15) is 22.9 Å². The molecule has 0 aliphatic carbocycles. The molecule has 0 fully saturated rings. The summed E-state index contributed by atoms with van der Waals surface area (Å²) in [5.41, 5.74) is 5.03. The molecular formula is C18H17BrN2O. The second-order valence-corrected chi connectivity index (χ2v) is 6.50. The molecule has 1 aliphatic rings. The summed E-state index contributed by atoms with van der Waals surface area (Å²) in [6.07, 6.45) is 1.05. The van der Waals surface area contributed by atoms with Crippen LogP contribution in [-0.4, -0.2) is 18.6 Å². The highest BCUT2D eigenvalue weighted by atomic mass is 79.9. The first-order chi connectivity index (χ1) is 10.8. The van der Waals surface area contributed by atoms with Gasteiger partial charge in [-0.3, -0.25) is 0 Å². The molecule has 112 valence electrons. The van der Waals surface area contributed by atoms with Crippen molar-refractivity contribution in [2.45, 2.75) is 12.5 Å². The van der Waals surface area contributed by atoms with E-state index in [1.165, 1.54) is 22.2 Å². The number of halogens is 1. The summed E-state index contributed by atoms with van der Waals surface area (Å²) in [7, 11) is 1.72. The topological polar surface area (TPSA) is 37.0 Å². The molecule has 0 saturated carbocycles. The normalized spacial score (nSPS) is 17.5. The second-order valence-electron chi connectivity index (χ2n) is 5.59. The van der Waals surface area contributed by atoms with Gasteiger partial charge in [-0.15, -0.1) is 0 Å². The van der Waals surface area contributed by atoms with Gasteiger partial charge in [0.15, 0.2) is 0 Å². The number of para-hydroxylation sites is 1. The first-order valence-electron chi connectivity index (χ1n) is 7.44. The highest BCUT2D eigenvalue weighted by Gasteiger charge is 2.27. The molecule has 0 saturated heterocycles. The van der Waals surface area contributed by atoms with Crippen LogP contribution in [0.3, 0.4) is 0 Å². The van der Waals surface area contributed by atoms with E-state index in [0.717, 1.165) is 28.8 Å². The number of ether oxygens (including phenoxy) is 1. The van der Waals surface area contributed by atoms with Crippen LogP contribution >= 0.6 is 15.9 Å². The van der Waals surface area contributed by atoms with E-state index < -0.39 is 0 Å². The maximum absolute atomic E-state index is 5.57. The van der Waals surface area contributed by atoms with Crippen LogP contribution in [-0.2, 0) is 6.42 Å². The van der Waals surface area contributed by atoms with Crippen LogP contribution in [0.5, 0.6) is 5.75 Å². The van der Waals surface area contributed by atoms with Gasteiger partial charge in [-0.1, -0.05) is 34.1 Å². The molecule has 4 rings (SSSR count). The number of aromatic amines is 1. The van der Waals surface area contributed by atoms with Crippen LogP contribution in [0.4, 0.5) is 0 Å². The van der Waals surface area contributed by atoms with Crippen molar-refractivity contribution in [3.63, 3.8) is 0 Å². The molecule has 22 heavy (non-hydrogen) atoms. The van der Waals surface area contributed by atoms with Crippen molar-refractivity contribution in [3.05, 3.63) is 63.8 Å². The second kappa shape index (κ2) is 5.45. The fraction of sp³-hybridized carbons (Fsp3) is 0.222. The molecule has 2 N–H and O–H groups in total. The maximum atomic E-state index is 5.57. The van der Waals surface area contributed by atoms with Crippen LogP contribution in [0.2, 0.25) is 0 Å². The van der Waals surface area contributed by atoms with E-state index in [9.17, 15) is 0 Å². The smallest absolute Gasteiger partial charge is 0.124 e. The summed E-state index contributed by atoms with van der Waals surface area (Å²) < 4.78 is 6.63. The van der Waals surface area contributed by atoms with E-state index in [1.807, 2.05) is 12.1 Å². The molecule has 0 radical (unpaired) electrons. The van der Waals surface area contributed by atoms with Crippen LogP contribution in [0.15, 0.2) is 46.9 Å². The van der Waals surface area contributed by atoms with Gasteiger partial charge in [-0.05, 0) is 36.2 Å². The molecule has 2 heterocycles.